The molecule has 0 unspecified atom stereocenters. The second kappa shape index (κ2) is 21.5. The lowest BCUT2D eigenvalue weighted by atomic mass is 10.1. The summed E-state index contributed by atoms with van der Waals surface area (Å²) in [6.07, 6.45) is 0. The van der Waals surface area contributed by atoms with Gasteiger partial charge in [0.25, 0.3) is 30.4 Å². The molecule has 0 heterocycles. The van der Waals surface area contributed by atoms with Gasteiger partial charge in [-0.2, -0.15) is 40.6 Å². The Morgan fingerprint density at radius 3 is 1.66 bits per heavy atom. The minimum Gasteiger partial charge on any atom is -0.505 e. The molecule has 378 valence electrons. The Hall–Kier alpha value is -8.47. The fraction of sp³-hybridized carbons (Fsp3) is 0.130. The summed E-state index contributed by atoms with van der Waals surface area (Å²) in [5.74, 6) is 0.610. The fourth-order valence-electron chi connectivity index (χ4n) is 6.74. The number of hydrogen-bond donors (Lipinski definition) is 6. The van der Waals surface area contributed by atoms with E-state index < -0.39 is 62.2 Å². The van der Waals surface area contributed by atoms with Crippen LogP contribution >= 0.6 is 0 Å². The molecular weight excluding hydrogens is 1010 g/mol. The van der Waals surface area contributed by atoms with Gasteiger partial charge in [0.1, 0.15) is 61.2 Å². The van der Waals surface area contributed by atoms with E-state index >= 15 is 0 Å². The summed E-state index contributed by atoms with van der Waals surface area (Å²) in [6.45, 7) is 3.41. The molecular formula is C46H42N10O14S3. The summed E-state index contributed by atoms with van der Waals surface area (Å²) in [5, 5.41) is 48.3. The van der Waals surface area contributed by atoms with Gasteiger partial charge in [-0.05, 0) is 121 Å². The van der Waals surface area contributed by atoms with Crippen molar-refractivity contribution in [3.63, 3.8) is 0 Å². The number of phenolic OH excluding ortho intramolecular Hbond substituents is 1. The first-order valence-electron chi connectivity index (χ1n) is 20.9. The van der Waals surface area contributed by atoms with Gasteiger partial charge in [-0.1, -0.05) is 0 Å². The number of hydrogen-bond acceptors (Lipinski definition) is 21. The maximum Gasteiger partial charge on any atom is 0.296 e. The van der Waals surface area contributed by atoms with Crippen molar-refractivity contribution in [3.8, 4) is 28.7 Å². The molecule has 0 aliphatic rings. The van der Waals surface area contributed by atoms with Gasteiger partial charge in [0.2, 0.25) is 0 Å². The number of nitrogen functional groups attached to an aromatic ring is 1. The Labute approximate surface area is 416 Å². The molecule has 7 aromatic carbocycles. The van der Waals surface area contributed by atoms with Gasteiger partial charge in [0.15, 0.2) is 12.5 Å². The largest absolute Gasteiger partial charge is 0.505 e. The van der Waals surface area contributed by atoms with Gasteiger partial charge in [0.05, 0.1) is 43.3 Å². The van der Waals surface area contributed by atoms with Gasteiger partial charge in [-0.3, -0.25) is 13.7 Å². The van der Waals surface area contributed by atoms with Crippen molar-refractivity contribution >= 4 is 98.0 Å². The van der Waals surface area contributed by atoms with Crippen LogP contribution in [0.3, 0.4) is 0 Å². The highest BCUT2D eigenvalue weighted by Gasteiger charge is 2.24. The maximum atomic E-state index is 12.6. The molecule has 73 heavy (non-hydrogen) atoms. The summed E-state index contributed by atoms with van der Waals surface area (Å²) < 4.78 is 124. The van der Waals surface area contributed by atoms with Crippen LogP contribution < -0.4 is 30.0 Å². The van der Waals surface area contributed by atoms with Crippen molar-refractivity contribution < 1.29 is 63.0 Å². The first-order valence-corrected chi connectivity index (χ1v) is 25.2. The Bertz CT molecular complexity index is 3760. The molecule has 7 N–H and O–H groups in total. The monoisotopic (exact) mass is 1050 g/mol. The van der Waals surface area contributed by atoms with E-state index in [0.29, 0.717) is 45.7 Å². The van der Waals surface area contributed by atoms with E-state index in [2.05, 4.69) is 46.2 Å². The predicted molar refractivity (Wildman–Crippen MR) is 267 cm³/mol. The van der Waals surface area contributed by atoms with E-state index in [1.54, 1.807) is 56.3 Å². The van der Waals surface area contributed by atoms with Crippen molar-refractivity contribution in [1.29, 1.82) is 0 Å². The van der Waals surface area contributed by atoms with E-state index in [0.717, 1.165) is 18.2 Å². The molecule has 7 aromatic rings. The van der Waals surface area contributed by atoms with Crippen LogP contribution in [0.1, 0.15) is 11.1 Å². The lowest BCUT2D eigenvalue weighted by molar-refractivity contribution is 0.347. The van der Waals surface area contributed by atoms with Crippen molar-refractivity contribution in [1.82, 2.24) is 0 Å². The fourth-order valence-corrected chi connectivity index (χ4v) is 8.63. The highest BCUT2D eigenvalue weighted by Crippen LogP contribution is 2.45. The quantitative estimate of drug-likeness (QED) is 0.0201. The highest BCUT2D eigenvalue weighted by molar-refractivity contribution is 7.87. The topological polar surface area (TPSA) is 357 Å². The molecule has 0 radical (unpaired) electrons. The van der Waals surface area contributed by atoms with Gasteiger partial charge in [-0.25, -0.2) is 0 Å². The van der Waals surface area contributed by atoms with Crippen molar-refractivity contribution in [2.24, 2.45) is 40.9 Å². The number of nitrogens with zero attached hydrogens (tertiary/aromatic N) is 8. The smallest absolute Gasteiger partial charge is 0.296 e. The van der Waals surface area contributed by atoms with Crippen LogP contribution in [0.15, 0.2) is 165 Å². The van der Waals surface area contributed by atoms with Gasteiger partial charge >= 0.3 is 0 Å². The minimum atomic E-state index is -4.96. The predicted octanol–water partition coefficient (Wildman–Crippen LogP) is 11.6. The number of aromatic hydroxyl groups is 1. The molecule has 27 heteroatoms. The molecule has 0 spiro atoms. The van der Waals surface area contributed by atoms with Crippen LogP contribution in [0.5, 0.6) is 28.7 Å². The number of nitrogens with one attached hydrogen (secondary N) is 1. The van der Waals surface area contributed by atoms with Crippen LogP contribution in [-0.4, -0.2) is 72.1 Å². The molecule has 0 amide bonds. The van der Waals surface area contributed by atoms with E-state index in [-0.39, 0.29) is 57.5 Å². The number of benzene rings is 7. The van der Waals surface area contributed by atoms with Crippen molar-refractivity contribution in [2.75, 3.05) is 39.1 Å². The second-order valence-electron chi connectivity index (χ2n) is 15.4. The Morgan fingerprint density at radius 2 is 1.05 bits per heavy atom. The molecule has 0 bridgehead atoms. The Kier molecular flexibility index (Phi) is 15.4. The second-order valence-corrected chi connectivity index (χ2v) is 19.6. The summed E-state index contributed by atoms with van der Waals surface area (Å²) in [7, 11) is -10.5. The molecule has 0 saturated heterocycles. The minimum absolute atomic E-state index is 0.0494. The van der Waals surface area contributed by atoms with Crippen LogP contribution in [0.25, 0.3) is 10.8 Å². The third-order valence-corrected chi connectivity index (χ3v) is 13.1. The maximum absolute atomic E-state index is 12.6. The number of nitrogens with two attached hydrogens (primary N) is 1. The van der Waals surface area contributed by atoms with Crippen LogP contribution in [0.2, 0.25) is 0 Å². The van der Waals surface area contributed by atoms with Gasteiger partial charge < -0.3 is 35.1 Å². The zero-order valence-corrected chi connectivity index (χ0v) is 41.3. The number of methoxy groups -OCH3 is 3. The van der Waals surface area contributed by atoms with Crippen LogP contribution in [0.4, 0.5) is 56.9 Å². The molecule has 0 aliphatic carbocycles. The average molecular weight is 1060 g/mol. The standard InChI is InChI=1S/C46H42N10O14S3/c1-25-16-30(9-14-34(25)50-51-35-15-12-32(71(58,59)60)20-43(35)72(61,62)63)49-53-38-22-42(69-5)39(23-41(38)68-4)54-52-36-21-40(67-3)37(17-26(36)2)55-56-45-44(73(64,65)66)19-27-18-29(8-13-33(27)46(45)57)48-24-70-31-10-6-28(47)7-11-31/h6-23,48,57H,24,47H2,1-5H3,(H,58,59,60)(H,61,62,63)(H,64,65,66). The van der Waals surface area contributed by atoms with E-state index in [4.69, 9.17) is 24.7 Å². The molecule has 0 aliphatic heterocycles. The lowest BCUT2D eigenvalue weighted by Gasteiger charge is -2.12. The first-order chi connectivity index (χ1) is 34.6. The number of ether oxygens (including phenoxy) is 4. The Balaban J connectivity index is 1.09. The van der Waals surface area contributed by atoms with Crippen LogP contribution in [-0.2, 0) is 30.4 Å². The van der Waals surface area contributed by atoms with E-state index in [9.17, 15) is 44.0 Å². The Morgan fingerprint density at radius 1 is 0.521 bits per heavy atom. The zero-order valence-electron chi connectivity index (χ0n) is 38.9. The molecule has 7 rings (SSSR count). The number of azo groups is 4. The molecule has 0 fully saturated rings. The molecule has 0 aromatic heterocycles. The molecule has 24 nitrogen and oxygen atoms in total. The SMILES string of the molecule is COc1cc(N=Nc2cc(OC)c(N=Nc3c(S(=O)(=O)O)cc4cc(NCOc5ccc(N)cc5)ccc4c3O)cc2C)c(OC)cc1N=Nc1ccc(N=Nc2ccc(S(=O)(=O)O)cc2S(=O)(=O)O)c(C)c1. The van der Waals surface area contributed by atoms with E-state index in [1.165, 1.54) is 63.8 Å². The number of phenols is 1. The summed E-state index contributed by atoms with van der Waals surface area (Å²) in [6, 6.07) is 25.8. The lowest BCUT2D eigenvalue weighted by Crippen LogP contribution is -2.08. The number of anilines is 2. The van der Waals surface area contributed by atoms with Gasteiger partial charge in [-0.15, -0.1) is 25.6 Å². The third-order valence-electron chi connectivity index (χ3n) is 10.5. The summed E-state index contributed by atoms with van der Waals surface area (Å²) >= 11 is 0. The number of fused-ring (bicyclic) bond motifs is 1. The van der Waals surface area contributed by atoms with Crippen molar-refractivity contribution in [3.05, 3.63) is 120 Å². The van der Waals surface area contributed by atoms with E-state index in [1.807, 2.05) is 0 Å². The third kappa shape index (κ3) is 12.5. The summed E-state index contributed by atoms with van der Waals surface area (Å²) in [5.41, 5.74) is 8.48. The summed E-state index contributed by atoms with van der Waals surface area (Å²) in [4.78, 5) is -2.35. The number of rotatable bonds is 18. The van der Waals surface area contributed by atoms with Crippen molar-refractivity contribution in [2.45, 2.75) is 28.5 Å². The first kappa shape index (κ1) is 52.4. The van der Waals surface area contributed by atoms with Crippen LogP contribution in [0, 0.1) is 13.8 Å². The normalized spacial score (nSPS) is 12.4. The highest BCUT2D eigenvalue weighted by atomic mass is 32.2. The molecule has 0 saturated carbocycles. The molecule has 0 atom stereocenters. The zero-order chi connectivity index (χ0) is 52.8. The number of aryl methyl sites for hydroxylation is 2. The van der Waals surface area contributed by atoms with Gasteiger partial charge in [0, 0.05) is 35.0 Å². The average Bonchev–Trinajstić information content (AvgIpc) is 3.34.